The summed E-state index contributed by atoms with van der Waals surface area (Å²) in [6.07, 6.45) is 5.19. The fourth-order valence-electron chi connectivity index (χ4n) is 4.05. The Hall–Kier alpha value is -3.71. The van der Waals surface area contributed by atoms with E-state index >= 15 is 0 Å². The van der Waals surface area contributed by atoms with Gasteiger partial charge in [0.15, 0.2) is 6.23 Å². The number of halogens is 1. The topological polar surface area (TPSA) is 60.5 Å². The second kappa shape index (κ2) is 8.67. The zero-order chi connectivity index (χ0) is 22.9. The normalized spacial score (nSPS) is 16.0. The smallest absolute Gasteiger partial charge is 0.250 e. The Morgan fingerprint density at radius 3 is 2.67 bits per heavy atom. The van der Waals surface area contributed by atoms with Crippen LogP contribution in [0.1, 0.15) is 28.5 Å². The number of rotatable bonds is 6. The Kier molecular flexibility index (Phi) is 5.56. The highest BCUT2D eigenvalue weighted by Gasteiger charge is 2.36. The number of amides is 1. The van der Waals surface area contributed by atoms with Crippen LogP contribution in [-0.2, 0) is 16.0 Å². The lowest BCUT2D eigenvalue weighted by Crippen LogP contribution is -2.30. The van der Waals surface area contributed by atoms with Gasteiger partial charge in [-0.25, -0.2) is 9.07 Å². The van der Waals surface area contributed by atoms with E-state index in [2.05, 4.69) is 31.2 Å². The second-order valence-corrected chi connectivity index (χ2v) is 8.31. The van der Waals surface area contributed by atoms with Crippen LogP contribution in [0, 0.1) is 19.7 Å². The molecule has 1 atom stereocenters. The first kappa shape index (κ1) is 21.2. The van der Waals surface area contributed by atoms with Gasteiger partial charge in [0.1, 0.15) is 18.1 Å². The molecule has 7 heteroatoms. The monoisotopic (exact) mass is 445 g/mol. The number of furan rings is 1. The fraction of sp³-hybridized carbons (Fsp3) is 0.231. The molecule has 0 spiro atoms. The number of hydrogen-bond acceptors (Lipinski definition) is 4. The molecular formula is C26H24FN3O3. The quantitative estimate of drug-likeness (QED) is 0.420. The van der Waals surface area contributed by atoms with Crippen LogP contribution in [0.3, 0.4) is 0 Å². The number of aryl methyl sites for hydroxylation is 2. The van der Waals surface area contributed by atoms with Crippen molar-refractivity contribution >= 4 is 5.91 Å². The van der Waals surface area contributed by atoms with Crippen LogP contribution in [0.25, 0.3) is 16.9 Å². The third-order valence-electron chi connectivity index (χ3n) is 5.94. The highest BCUT2D eigenvalue weighted by atomic mass is 19.1. The van der Waals surface area contributed by atoms with E-state index in [0.29, 0.717) is 17.8 Å². The summed E-state index contributed by atoms with van der Waals surface area (Å²) < 4.78 is 26.7. The van der Waals surface area contributed by atoms with Gasteiger partial charge in [-0.1, -0.05) is 29.8 Å². The van der Waals surface area contributed by atoms with Crippen LogP contribution < -0.4 is 0 Å². The van der Waals surface area contributed by atoms with Gasteiger partial charge >= 0.3 is 0 Å². The van der Waals surface area contributed by atoms with Gasteiger partial charge in [-0.15, -0.1) is 0 Å². The number of aromatic nitrogens is 2. The minimum Gasteiger partial charge on any atom is -0.472 e. The summed E-state index contributed by atoms with van der Waals surface area (Å²) in [5.41, 5.74) is 5.81. The minimum atomic E-state index is -0.567. The predicted molar refractivity (Wildman–Crippen MR) is 121 cm³/mol. The van der Waals surface area contributed by atoms with Gasteiger partial charge in [0.05, 0.1) is 18.2 Å². The van der Waals surface area contributed by atoms with Crippen LogP contribution in [-0.4, -0.2) is 33.7 Å². The molecule has 0 radical (unpaired) electrons. The molecule has 33 heavy (non-hydrogen) atoms. The third kappa shape index (κ3) is 4.19. The zero-order valence-corrected chi connectivity index (χ0v) is 18.5. The van der Waals surface area contributed by atoms with E-state index in [-0.39, 0.29) is 18.3 Å². The van der Waals surface area contributed by atoms with Gasteiger partial charge in [-0.3, -0.25) is 4.79 Å². The maximum atomic E-state index is 13.8. The standard InChI is InChI=1S/C26H24FN3O3/c1-17-3-5-19(6-4-17)9-11-29-24(31)16-33-26(29)22-14-30(21-7-8-23(27)18(2)13-21)28-25(22)20-10-12-32-15-20/h3-8,10,12-15,26H,9,11,16H2,1-2H3. The van der Waals surface area contributed by atoms with Gasteiger partial charge in [0, 0.05) is 23.9 Å². The summed E-state index contributed by atoms with van der Waals surface area (Å²) in [5.74, 6) is -0.330. The van der Waals surface area contributed by atoms with Crippen molar-refractivity contribution in [2.24, 2.45) is 0 Å². The Bertz CT molecular complexity index is 1280. The summed E-state index contributed by atoms with van der Waals surface area (Å²) in [5, 5.41) is 4.74. The van der Waals surface area contributed by atoms with Crippen molar-refractivity contribution in [1.82, 2.24) is 14.7 Å². The molecular weight excluding hydrogens is 421 g/mol. The summed E-state index contributed by atoms with van der Waals surface area (Å²) in [6.45, 7) is 4.31. The molecule has 1 aliphatic rings. The first-order chi connectivity index (χ1) is 16.0. The highest BCUT2D eigenvalue weighted by molar-refractivity contribution is 5.80. The largest absolute Gasteiger partial charge is 0.472 e. The molecule has 0 aliphatic carbocycles. The molecule has 0 N–H and O–H groups in total. The SMILES string of the molecule is Cc1ccc(CCN2C(=O)COC2c2cn(-c3ccc(F)c(C)c3)nc2-c2ccoc2)cc1. The van der Waals surface area contributed by atoms with Crippen molar-refractivity contribution in [1.29, 1.82) is 0 Å². The molecule has 1 aliphatic heterocycles. The molecule has 2 aromatic heterocycles. The average Bonchev–Trinajstić information content (AvgIpc) is 3.55. The van der Waals surface area contributed by atoms with Gasteiger partial charge in [0.25, 0.3) is 5.91 Å². The first-order valence-corrected chi connectivity index (χ1v) is 10.8. The number of ether oxygens (including phenoxy) is 1. The number of hydrogen-bond donors (Lipinski definition) is 0. The molecule has 168 valence electrons. The maximum Gasteiger partial charge on any atom is 0.250 e. The number of nitrogens with zero attached hydrogens (tertiary/aromatic N) is 3. The van der Waals surface area contributed by atoms with E-state index < -0.39 is 6.23 Å². The molecule has 4 aromatic rings. The Balaban J connectivity index is 1.49. The van der Waals surface area contributed by atoms with Crippen molar-refractivity contribution in [2.45, 2.75) is 26.5 Å². The second-order valence-electron chi connectivity index (χ2n) is 8.31. The van der Waals surface area contributed by atoms with Crippen molar-refractivity contribution in [2.75, 3.05) is 13.2 Å². The maximum absolute atomic E-state index is 13.8. The summed E-state index contributed by atoms with van der Waals surface area (Å²) in [4.78, 5) is 14.5. The lowest BCUT2D eigenvalue weighted by atomic mass is 10.1. The number of benzene rings is 2. The van der Waals surface area contributed by atoms with Crippen LogP contribution in [0.15, 0.2) is 71.7 Å². The molecule has 3 heterocycles. The predicted octanol–water partition coefficient (Wildman–Crippen LogP) is 4.99. The van der Waals surface area contributed by atoms with E-state index in [1.807, 2.05) is 12.3 Å². The average molecular weight is 445 g/mol. The van der Waals surface area contributed by atoms with Gasteiger partial charge in [-0.05, 0) is 55.7 Å². The van der Waals surface area contributed by atoms with Crippen molar-refractivity contribution in [3.05, 3.63) is 95.3 Å². The van der Waals surface area contributed by atoms with E-state index in [9.17, 15) is 9.18 Å². The molecule has 1 amide bonds. The summed E-state index contributed by atoms with van der Waals surface area (Å²) in [6, 6.07) is 15.0. The van der Waals surface area contributed by atoms with E-state index in [1.165, 1.54) is 11.6 Å². The van der Waals surface area contributed by atoms with Crippen LogP contribution in [0.4, 0.5) is 4.39 Å². The van der Waals surface area contributed by atoms with E-state index in [4.69, 9.17) is 14.3 Å². The van der Waals surface area contributed by atoms with Crippen LogP contribution in [0.5, 0.6) is 0 Å². The lowest BCUT2D eigenvalue weighted by Gasteiger charge is -2.23. The summed E-state index contributed by atoms with van der Waals surface area (Å²) >= 11 is 0. The molecule has 6 nitrogen and oxygen atoms in total. The molecule has 0 bridgehead atoms. The van der Waals surface area contributed by atoms with E-state index in [1.54, 1.807) is 41.2 Å². The number of carbonyl (C=O) groups is 1. The van der Waals surface area contributed by atoms with Gasteiger partial charge in [0.2, 0.25) is 0 Å². The lowest BCUT2D eigenvalue weighted by molar-refractivity contribution is -0.128. The van der Waals surface area contributed by atoms with Crippen molar-refractivity contribution in [3.63, 3.8) is 0 Å². The molecule has 0 saturated carbocycles. The van der Waals surface area contributed by atoms with Crippen molar-refractivity contribution < 1.29 is 18.3 Å². The summed E-state index contributed by atoms with van der Waals surface area (Å²) in [7, 11) is 0. The van der Waals surface area contributed by atoms with Crippen molar-refractivity contribution in [3.8, 4) is 16.9 Å². The molecule has 1 unspecified atom stereocenters. The van der Waals surface area contributed by atoms with Crippen LogP contribution >= 0.6 is 0 Å². The van der Waals surface area contributed by atoms with Crippen LogP contribution in [0.2, 0.25) is 0 Å². The third-order valence-corrected chi connectivity index (χ3v) is 5.94. The Labute approximate surface area is 191 Å². The Morgan fingerprint density at radius 2 is 1.94 bits per heavy atom. The van der Waals surface area contributed by atoms with E-state index in [0.717, 1.165) is 28.8 Å². The molecule has 5 rings (SSSR count). The number of carbonyl (C=O) groups excluding carboxylic acids is 1. The zero-order valence-electron chi connectivity index (χ0n) is 18.5. The minimum absolute atomic E-state index is 0.0181. The molecule has 1 saturated heterocycles. The van der Waals surface area contributed by atoms with Gasteiger partial charge in [-0.2, -0.15) is 5.10 Å². The fourth-order valence-corrected chi connectivity index (χ4v) is 4.05. The van der Waals surface area contributed by atoms with Gasteiger partial charge < -0.3 is 14.1 Å². The molecule has 2 aromatic carbocycles. The highest BCUT2D eigenvalue weighted by Crippen LogP contribution is 2.35. The Morgan fingerprint density at radius 1 is 1.12 bits per heavy atom. The first-order valence-electron chi connectivity index (χ1n) is 10.8. The molecule has 1 fully saturated rings.